The van der Waals surface area contributed by atoms with E-state index in [9.17, 15) is 0 Å². The Kier molecular flexibility index (Phi) is 12.9. The van der Waals surface area contributed by atoms with E-state index in [0.717, 1.165) is 73.3 Å². The Labute approximate surface area is 282 Å². The Morgan fingerprint density at radius 2 is 1.62 bits per heavy atom. The summed E-state index contributed by atoms with van der Waals surface area (Å²) in [4.78, 5) is 2.52. The third kappa shape index (κ3) is 8.14. The molecule has 0 unspecified atom stereocenters. The SMILES string of the molecule is CC.[SH2+]c1ccccc1C(=C\[CH2][Pb])/C=C/C1=C(c2ccccc2)C(=C/C=C2\C=[C]([Pb])Sc3ccccc32)/CCC1. The van der Waals surface area contributed by atoms with Crippen LogP contribution in [0.15, 0.2) is 139 Å². The van der Waals surface area contributed by atoms with E-state index in [0.29, 0.717) is 0 Å². The van der Waals surface area contributed by atoms with Crippen LogP contribution in [0, 0.1) is 0 Å². The summed E-state index contributed by atoms with van der Waals surface area (Å²) in [5.41, 5.74) is 10.8. The number of benzene rings is 3. The third-order valence-electron chi connectivity index (χ3n) is 6.79. The summed E-state index contributed by atoms with van der Waals surface area (Å²) in [7, 11) is 0. The summed E-state index contributed by atoms with van der Waals surface area (Å²) in [6, 6.07) is 28.3. The molecule has 0 saturated heterocycles. The molecule has 0 N–H and O–H groups in total. The van der Waals surface area contributed by atoms with Crippen LogP contribution in [-0.4, -0.2) is 51.5 Å². The molecule has 3 aromatic carbocycles. The van der Waals surface area contributed by atoms with E-state index in [4.69, 9.17) is 0 Å². The van der Waals surface area contributed by atoms with Crippen LogP contribution in [0.5, 0.6) is 0 Å². The third-order valence-corrected chi connectivity index (χ3v) is 10.7. The summed E-state index contributed by atoms with van der Waals surface area (Å²) in [5, 5.41) is 0. The quantitative estimate of drug-likeness (QED) is 0.135. The molecule has 0 amide bonds. The van der Waals surface area contributed by atoms with Crippen LogP contribution in [0.25, 0.3) is 16.7 Å². The van der Waals surface area contributed by atoms with Crippen molar-refractivity contribution in [2.75, 3.05) is 0 Å². The normalized spacial score (nSPS) is 17.5. The fraction of sp³-hybridized carbons (Fsp3) is 0.167. The van der Waals surface area contributed by atoms with Crippen molar-refractivity contribution in [2.24, 2.45) is 0 Å². The van der Waals surface area contributed by atoms with Gasteiger partial charge in [0.1, 0.15) is 0 Å². The van der Waals surface area contributed by atoms with E-state index >= 15 is 0 Å². The van der Waals surface area contributed by atoms with Gasteiger partial charge in [0.15, 0.2) is 0 Å². The Bertz CT molecular complexity index is 1500. The molecule has 0 aromatic heterocycles. The number of thioether (sulfide) groups is 1. The number of allylic oxidation sites excluding steroid dienone is 11. The van der Waals surface area contributed by atoms with Gasteiger partial charge in [-0.15, -0.1) is 0 Å². The van der Waals surface area contributed by atoms with Crippen molar-refractivity contribution in [3.63, 3.8) is 0 Å². The van der Waals surface area contributed by atoms with E-state index in [1.165, 1.54) is 58.3 Å². The maximum absolute atomic E-state index is 3.83. The van der Waals surface area contributed by atoms with E-state index in [2.05, 4.69) is 128 Å². The molecule has 0 atom stereocenters. The van der Waals surface area contributed by atoms with Gasteiger partial charge in [0.2, 0.25) is 0 Å². The van der Waals surface area contributed by atoms with Crippen LogP contribution in [0.3, 0.4) is 0 Å². The summed E-state index contributed by atoms with van der Waals surface area (Å²) < 4.78 is 2.61. The van der Waals surface area contributed by atoms with Gasteiger partial charge in [-0.1, -0.05) is 13.8 Å². The first-order chi connectivity index (χ1) is 19.6. The van der Waals surface area contributed by atoms with Crippen molar-refractivity contribution in [2.45, 2.75) is 46.9 Å². The molecule has 0 nitrogen and oxygen atoms in total. The van der Waals surface area contributed by atoms with Crippen LogP contribution in [0.2, 0.25) is 3.98 Å². The first kappa shape index (κ1) is 31.6. The van der Waals surface area contributed by atoms with Gasteiger partial charge in [-0.3, -0.25) is 0 Å². The van der Waals surface area contributed by atoms with E-state index in [1.807, 2.05) is 25.6 Å². The monoisotopic (exact) mass is 947 g/mol. The Balaban J connectivity index is 0.00000181. The zero-order valence-electron chi connectivity index (χ0n) is 23.2. The van der Waals surface area contributed by atoms with Gasteiger partial charge in [-0.2, -0.15) is 0 Å². The summed E-state index contributed by atoms with van der Waals surface area (Å²) in [6.07, 6.45) is 17.6. The maximum atomic E-state index is 3.83. The molecule has 6 radical (unpaired) electrons. The van der Waals surface area contributed by atoms with Crippen LogP contribution in [0.1, 0.15) is 49.8 Å². The van der Waals surface area contributed by atoms with Crippen molar-refractivity contribution >= 4 is 92.6 Å². The van der Waals surface area contributed by atoms with Crippen LogP contribution < -0.4 is 0 Å². The molecule has 0 bridgehead atoms. The number of fused-ring (bicyclic) bond motifs is 1. The van der Waals surface area contributed by atoms with Crippen molar-refractivity contribution in [1.29, 1.82) is 0 Å². The van der Waals surface area contributed by atoms with E-state index in [-0.39, 0.29) is 0 Å². The van der Waals surface area contributed by atoms with E-state index in [1.54, 1.807) is 0 Å². The first-order valence-corrected chi connectivity index (χ1v) is 19.9. The zero-order chi connectivity index (χ0) is 28.3. The molecule has 198 valence electrons. The van der Waals surface area contributed by atoms with Crippen molar-refractivity contribution < 1.29 is 0 Å². The molecule has 1 heterocycles. The second-order valence-electron chi connectivity index (χ2n) is 9.28. The van der Waals surface area contributed by atoms with Gasteiger partial charge < -0.3 is 0 Å². The minimum atomic E-state index is 1.07. The average molecular weight is 946 g/mol. The molecule has 4 heteroatoms. The Morgan fingerprint density at radius 3 is 2.40 bits per heavy atom. The molecular weight excluding hydrogens is 911 g/mol. The molecule has 1 aliphatic heterocycles. The van der Waals surface area contributed by atoms with Gasteiger partial charge in [-0.25, -0.2) is 0 Å². The number of rotatable bonds is 6. The van der Waals surface area contributed by atoms with Crippen LogP contribution in [-0.2, 0) is 12.6 Å². The fourth-order valence-electron chi connectivity index (χ4n) is 5.03. The number of hydrogen-bond acceptors (Lipinski definition) is 1. The van der Waals surface area contributed by atoms with Gasteiger partial charge in [0.05, 0.1) is 0 Å². The standard InChI is InChI=1S/C34H28S2.C2H6.2Pb/c1-2-25(30-15-6-8-17-32(30)35)19-21-28-13-10-14-29(34(28)27-11-4-3-5-12-27)22-20-26-23-24-36-33-18-9-7-16-31(26)33;1-2;;/h2-9,11-12,15-23,35H,1,10,13-14H2;1-2H3;;/p+1/b21-19+,25-2-,26-20+,29-22+;;;. The summed E-state index contributed by atoms with van der Waals surface area (Å²) >= 11 is 7.98. The van der Waals surface area contributed by atoms with Gasteiger partial charge in [-0.05, 0) is 0 Å². The van der Waals surface area contributed by atoms with E-state index < -0.39 is 0 Å². The molecule has 0 saturated carbocycles. The second-order valence-corrected chi connectivity index (χ2v) is 16.0. The van der Waals surface area contributed by atoms with Gasteiger partial charge >= 0.3 is 271 Å². The van der Waals surface area contributed by atoms with Crippen molar-refractivity contribution in [3.05, 3.63) is 146 Å². The predicted octanol–water partition coefficient (Wildman–Crippen LogP) is 9.37. The summed E-state index contributed by atoms with van der Waals surface area (Å²) in [6.45, 7) is 4.00. The second kappa shape index (κ2) is 16.3. The zero-order valence-corrected chi connectivity index (χ0v) is 32.8. The topological polar surface area (TPSA) is 0 Å². The van der Waals surface area contributed by atoms with Crippen molar-refractivity contribution in [3.8, 4) is 0 Å². The first-order valence-electron chi connectivity index (χ1n) is 13.9. The fourth-order valence-corrected chi connectivity index (χ4v) is 8.96. The predicted molar refractivity (Wildman–Crippen MR) is 183 cm³/mol. The van der Waals surface area contributed by atoms with Crippen molar-refractivity contribution in [1.82, 2.24) is 0 Å². The average Bonchev–Trinajstić information content (AvgIpc) is 2.99. The summed E-state index contributed by atoms with van der Waals surface area (Å²) in [5.74, 6) is 0. The molecule has 5 rings (SSSR count). The number of hydrogen-bond donors (Lipinski definition) is 0. The molecule has 0 spiro atoms. The van der Waals surface area contributed by atoms with Gasteiger partial charge in [0.25, 0.3) is 0 Å². The molecule has 3 aromatic rings. The molecule has 0 fully saturated rings. The molecule has 1 aliphatic carbocycles. The van der Waals surface area contributed by atoms with Gasteiger partial charge in [0, 0.05) is 0 Å². The van der Waals surface area contributed by atoms with Crippen LogP contribution >= 0.6 is 11.8 Å². The Hall–Kier alpha value is -1.36. The minimum absolute atomic E-state index is 1.07. The molecule has 2 aliphatic rings. The van der Waals surface area contributed by atoms with Crippen LogP contribution in [0.4, 0.5) is 0 Å². The molecular formula is C36H35Pb2S2+. The molecule has 40 heavy (non-hydrogen) atoms. The Morgan fingerprint density at radius 1 is 0.900 bits per heavy atom.